The van der Waals surface area contributed by atoms with E-state index < -0.39 is 21.2 Å². The number of aliphatic hydroxyl groups excluding tert-OH is 1. The van der Waals surface area contributed by atoms with Crippen LogP contribution >= 0.6 is 11.3 Å². The molecule has 4 heterocycles. The van der Waals surface area contributed by atoms with Gasteiger partial charge in [0.2, 0.25) is 10.0 Å². The number of aromatic nitrogens is 3. The fourth-order valence-electron chi connectivity index (χ4n) is 4.67. The highest BCUT2D eigenvalue weighted by atomic mass is 32.2. The van der Waals surface area contributed by atoms with E-state index in [4.69, 9.17) is 15.5 Å². The molecule has 2 aliphatic heterocycles. The summed E-state index contributed by atoms with van der Waals surface area (Å²) in [7, 11) is -3.82. The lowest BCUT2D eigenvalue weighted by atomic mass is 9.72. The summed E-state index contributed by atoms with van der Waals surface area (Å²) in [6.45, 7) is 4.02. The highest BCUT2D eigenvalue weighted by molar-refractivity contribution is 7.89. The van der Waals surface area contributed by atoms with E-state index in [1.807, 2.05) is 13.8 Å². The van der Waals surface area contributed by atoms with Crippen molar-refractivity contribution in [2.75, 3.05) is 18.9 Å². The number of anilines is 1. The summed E-state index contributed by atoms with van der Waals surface area (Å²) in [6, 6.07) is 4.99. The quantitative estimate of drug-likeness (QED) is 0.468. The third kappa shape index (κ3) is 4.11. The van der Waals surface area contributed by atoms with Gasteiger partial charge in [0.15, 0.2) is 5.82 Å². The molecule has 11 heteroatoms. The maximum atomic E-state index is 13.4. The summed E-state index contributed by atoms with van der Waals surface area (Å²) in [5, 5.41) is 10.5. The largest absolute Gasteiger partial charge is 0.393 e. The van der Waals surface area contributed by atoms with Gasteiger partial charge in [0, 0.05) is 11.8 Å². The number of benzene rings is 1. The lowest BCUT2D eigenvalue weighted by Crippen LogP contribution is -2.63. The van der Waals surface area contributed by atoms with E-state index >= 15 is 0 Å². The van der Waals surface area contributed by atoms with Crippen LogP contribution in [0.2, 0.25) is 0 Å². The van der Waals surface area contributed by atoms with Crippen LogP contribution in [0.25, 0.3) is 21.8 Å². The minimum Gasteiger partial charge on any atom is -0.393 e. The summed E-state index contributed by atoms with van der Waals surface area (Å²) in [5.41, 5.74) is 7.50. The van der Waals surface area contributed by atoms with Crippen molar-refractivity contribution >= 4 is 27.2 Å². The van der Waals surface area contributed by atoms with Gasteiger partial charge in [-0.25, -0.2) is 28.1 Å². The Morgan fingerprint density at radius 2 is 1.94 bits per heavy atom. The first kappa shape index (κ1) is 23.3. The Kier molecular flexibility index (Phi) is 5.72. The van der Waals surface area contributed by atoms with Gasteiger partial charge in [-0.05, 0) is 57.2 Å². The van der Waals surface area contributed by atoms with Crippen LogP contribution in [0.3, 0.4) is 0 Å². The molecule has 2 aromatic heterocycles. The maximum absolute atomic E-state index is 13.4. The van der Waals surface area contributed by atoms with E-state index in [0.29, 0.717) is 48.5 Å². The first-order chi connectivity index (χ1) is 16.1. The number of rotatable bonds is 6. The molecule has 3 aromatic rings. The number of aliphatic hydroxyl groups is 1. The molecule has 2 saturated heterocycles. The highest BCUT2D eigenvalue weighted by Gasteiger charge is 2.51. The minimum absolute atomic E-state index is 0.0388. The molecule has 3 fully saturated rings. The molecule has 1 aliphatic carbocycles. The second-order valence-electron chi connectivity index (χ2n) is 9.22. The number of nitrogen functional groups attached to an aromatic ring is 1. The third-order valence-electron chi connectivity index (χ3n) is 6.86. The fraction of sp³-hybridized carbons (Fsp3) is 0.435. The molecule has 4 N–H and O–H groups in total. The van der Waals surface area contributed by atoms with Crippen LogP contribution in [0.4, 0.5) is 5.82 Å². The molecule has 2 bridgehead atoms. The fourth-order valence-corrected chi connectivity index (χ4v) is 6.92. The van der Waals surface area contributed by atoms with E-state index in [2.05, 4.69) is 14.7 Å². The Morgan fingerprint density at radius 3 is 2.56 bits per heavy atom. The number of fused-ring (bicyclic) bond motifs is 3. The number of nitrogens with one attached hydrogen (secondary N) is 1. The van der Waals surface area contributed by atoms with Gasteiger partial charge in [0.1, 0.15) is 5.69 Å². The van der Waals surface area contributed by atoms with Gasteiger partial charge >= 0.3 is 0 Å². The topological polar surface area (TPSA) is 140 Å². The molecule has 0 unspecified atom stereocenters. The van der Waals surface area contributed by atoms with Crippen LogP contribution in [0.15, 0.2) is 35.5 Å². The van der Waals surface area contributed by atoms with Gasteiger partial charge in [-0.3, -0.25) is 0 Å². The molecule has 0 spiro atoms. The van der Waals surface area contributed by atoms with Crippen molar-refractivity contribution in [1.82, 2.24) is 19.7 Å². The minimum atomic E-state index is -3.82. The SMILES string of the molecule is Cc1ncc(-c2nc(-c3cc(S(=O)(=O)NC45CCC(CO)(CC4)OC5)ccc3C)cnc2N)s1. The van der Waals surface area contributed by atoms with Gasteiger partial charge in [-0.15, -0.1) is 11.3 Å². The molecule has 34 heavy (non-hydrogen) atoms. The van der Waals surface area contributed by atoms with Gasteiger partial charge in [0.05, 0.1) is 51.0 Å². The summed E-state index contributed by atoms with van der Waals surface area (Å²) < 4.78 is 35.6. The molecule has 1 saturated carbocycles. The maximum Gasteiger partial charge on any atom is 0.241 e. The van der Waals surface area contributed by atoms with Crippen molar-refractivity contribution in [3.63, 3.8) is 0 Å². The summed E-state index contributed by atoms with van der Waals surface area (Å²) in [5.74, 6) is 0.295. The predicted molar refractivity (Wildman–Crippen MR) is 130 cm³/mol. The van der Waals surface area contributed by atoms with Crippen molar-refractivity contribution in [2.45, 2.75) is 55.6 Å². The average Bonchev–Trinajstić information content (AvgIpc) is 3.26. The van der Waals surface area contributed by atoms with Crippen LogP contribution in [0.5, 0.6) is 0 Å². The highest BCUT2D eigenvalue weighted by Crippen LogP contribution is 2.44. The summed E-state index contributed by atoms with van der Waals surface area (Å²) in [4.78, 5) is 14.2. The Bertz CT molecular complexity index is 1330. The van der Waals surface area contributed by atoms with E-state index in [1.54, 1.807) is 30.6 Å². The van der Waals surface area contributed by atoms with E-state index in [0.717, 1.165) is 15.4 Å². The number of thiazole rings is 1. The van der Waals surface area contributed by atoms with E-state index in [9.17, 15) is 13.5 Å². The molecular weight excluding hydrogens is 474 g/mol. The Hall–Kier alpha value is -2.44. The Morgan fingerprint density at radius 1 is 1.18 bits per heavy atom. The number of ether oxygens (including phenoxy) is 1. The normalized spacial score (nSPS) is 24.4. The molecule has 0 atom stereocenters. The van der Waals surface area contributed by atoms with Crippen molar-refractivity contribution < 1.29 is 18.3 Å². The zero-order valence-corrected chi connectivity index (χ0v) is 20.7. The lowest BCUT2D eigenvalue weighted by Gasteiger charge is -2.52. The lowest BCUT2D eigenvalue weighted by molar-refractivity contribution is -0.175. The first-order valence-corrected chi connectivity index (χ1v) is 13.4. The number of hydrogen-bond donors (Lipinski definition) is 3. The van der Waals surface area contributed by atoms with Crippen molar-refractivity contribution in [3.8, 4) is 21.8 Å². The van der Waals surface area contributed by atoms with Gasteiger partial charge in [0.25, 0.3) is 0 Å². The summed E-state index contributed by atoms with van der Waals surface area (Å²) in [6.07, 6.45) is 5.79. The van der Waals surface area contributed by atoms with Gasteiger partial charge in [-0.2, -0.15) is 0 Å². The molecule has 0 radical (unpaired) electrons. The smallest absolute Gasteiger partial charge is 0.241 e. The van der Waals surface area contributed by atoms with Gasteiger partial charge < -0.3 is 15.6 Å². The first-order valence-electron chi connectivity index (χ1n) is 11.1. The molecule has 1 aromatic carbocycles. The van der Waals surface area contributed by atoms with E-state index in [-0.39, 0.29) is 18.1 Å². The number of aryl methyl sites for hydroxylation is 2. The monoisotopic (exact) mass is 501 g/mol. The molecule has 180 valence electrons. The van der Waals surface area contributed by atoms with Crippen LogP contribution in [-0.4, -0.2) is 52.8 Å². The van der Waals surface area contributed by atoms with Crippen molar-refractivity contribution in [1.29, 1.82) is 0 Å². The summed E-state index contributed by atoms with van der Waals surface area (Å²) >= 11 is 1.47. The standard InChI is InChI=1S/C23H27N5O4S2/c1-14-3-4-16(34(30,31)28-22-5-7-23(12-29,8-6-22)32-13-22)9-17(14)18-10-26-21(24)20(27-18)19-11-25-15(2)33-19/h3-4,9-11,28-29H,5-8,12-13H2,1-2H3,(H2,24,26). The molecule has 0 amide bonds. The number of nitrogens with zero attached hydrogens (tertiary/aromatic N) is 3. The number of sulfonamides is 1. The Labute approximate surface area is 202 Å². The van der Waals surface area contributed by atoms with Crippen LogP contribution < -0.4 is 10.5 Å². The number of nitrogens with two attached hydrogens (primary N) is 1. The van der Waals surface area contributed by atoms with Crippen LogP contribution in [0, 0.1) is 13.8 Å². The molecular formula is C23H27N5O4S2. The average molecular weight is 502 g/mol. The second kappa shape index (κ2) is 8.35. The van der Waals surface area contributed by atoms with Crippen LogP contribution in [-0.2, 0) is 14.8 Å². The Balaban J connectivity index is 1.47. The van der Waals surface area contributed by atoms with Crippen LogP contribution in [0.1, 0.15) is 36.3 Å². The van der Waals surface area contributed by atoms with Gasteiger partial charge in [-0.1, -0.05) is 6.07 Å². The van der Waals surface area contributed by atoms with Crippen molar-refractivity contribution in [3.05, 3.63) is 41.2 Å². The van der Waals surface area contributed by atoms with Crippen molar-refractivity contribution in [2.24, 2.45) is 0 Å². The molecule has 9 nitrogen and oxygen atoms in total. The van der Waals surface area contributed by atoms with E-state index in [1.165, 1.54) is 11.3 Å². The number of hydrogen-bond acceptors (Lipinski definition) is 9. The third-order valence-corrected chi connectivity index (χ3v) is 9.36. The molecule has 6 rings (SSSR count). The molecule has 3 aliphatic rings. The second-order valence-corrected chi connectivity index (χ2v) is 12.1. The predicted octanol–water partition coefficient (Wildman–Crippen LogP) is 2.82. The zero-order chi connectivity index (χ0) is 24.1. The zero-order valence-electron chi connectivity index (χ0n) is 19.0.